The number of hydrogen-bond donors (Lipinski definition) is 0. The molecule has 6 heteroatoms. The van der Waals surface area contributed by atoms with Gasteiger partial charge in [0.2, 0.25) is 6.19 Å². The molecule has 0 fully saturated rings. The van der Waals surface area contributed by atoms with Crippen LogP contribution in [0.5, 0.6) is 0 Å². The fourth-order valence-corrected chi connectivity index (χ4v) is 1.13. The molecule has 0 heterocycles. The van der Waals surface area contributed by atoms with Gasteiger partial charge in [0.15, 0.2) is 5.17 Å². The lowest BCUT2D eigenvalue weighted by atomic mass is 10.6. The van der Waals surface area contributed by atoms with Crippen molar-refractivity contribution < 1.29 is 8.78 Å². The van der Waals surface area contributed by atoms with Crippen LogP contribution in [0.3, 0.4) is 0 Å². The summed E-state index contributed by atoms with van der Waals surface area (Å²) in [6.45, 7) is -0.401. The molecule has 3 nitrogen and oxygen atoms in total. The van der Waals surface area contributed by atoms with Crippen LogP contribution in [-0.2, 0) is 0 Å². The van der Waals surface area contributed by atoms with Crippen molar-refractivity contribution in [2.45, 2.75) is 6.43 Å². The Morgan fingerprint density at radius 2 is 2.33 bits per heavy atom. The zero-order valence-electron chi connectivity index (χ0n) is 6.79. The molecule has 68 valence electrons. The number of nitrogens with zero attached hydrogens (tertiary/aromatic N) is 3. The molecule has 0 spiro atoms. The minimum atomic E-state index is -2.41. The average molecular weight is 193 g/mol. The number of amidine groups is 1. The quantitative estimate of drug-likeness (QED) is 0.378. The Labute approximate surface area is 74.1 Å². The topological polar surface area (TPSA) is 39.4 Å². The van der Waals surface area contributed by atoms with E-state index in [9.17, 15) is 8.78 Å². The molecule has 0 radical (unpaired) electrons. The van der Waals surface area contributed by atoms with E-state index in [1.807, 2.05) is 0 Å². The Kier molecular flexibility index (Phi) is 5.37. The van der Waals surface area contributed by atoms with Gasteiger partial charge in [-0.25, -0.2) is 8.78 Å². The van der Waals surface area contributed by atoms with E-state index in [-0.39, 0.29) is 0 Å². The first-order valence-electron chi connectivity index (χ1n) is 3.11. The highest BCUT2D eigenvalue weighted by Gasteiger charge is 2.10. The highest BCUT2D eigenvalue weighted by atomic mass is 32.2. The number of hydrogen-bond acceptors (Lipinski definition) is 3. The number of nitriles is 1. The number of aliphatic imine (C=N–C) groups is 1. The molecule has 0 bridgehead atoms. The van der Waals surface area contributed by atoms with Crippen LogP contribution in [0.2, 0.25) is 0 Å². The second-order valence-corrected chi connectivity index (χ2v) is 2.74. The largest absolute Gasteiger partial charge is 0.348 e. The highest BCUT2D eigenvalue weighted by molar-refractivity contribution is 8.13. The molecule has 0 atom stereocenters. The van der Waals surface area contributed by atoms with Crippen molar-refractivity contribution in [1.29, 1.82) is 5.26 Å². The van der Waals surface area contributed by atoms with Crippen molar-refractivity contribution in [2.24, 2.45) is 4.99 Å². The van der Waals surface area contributed by atoms with E-state index in [4.69, 9.17) is 5.26 Å². The van der Waals surface area contributed by atoms with Gasteiger partial charge in [-0.1, -0.05) is 11.8 Å². The monoisotopic (exact) mass is 193 g/mol. The first-order chi connectivity index (χ1) is 5.61. The van der Waals surface area contributed by atoms with Gasteiger partial charge in [-0.3, -0.25) is 0 Å². The standard InChI is InChI=1S/C6H9F2N3S/c1-11(3-5(7)8)6(12-2)10-4-9/h5H,3H2,1-2H3. The molecular formula is C6H9F2N3S. The second-order valence-electron chi connectivity index (χ2n) is 1.97. The van der Waals surface area contributed by atoms with Gasteiger partial charge in [0, 0.05) is 7.05 Å². The molecule has 12 heavy (non-hydrogen) atoms. The molecule has 0 amide bonds. The van der Waals surface area contributed by atoms with Gasteiger partial charge in [-0.05, 0) is 6.26 Å². The molecule has 0 saturated carbocycles. The maximum atomic E-state index is 11.8. The maximum Gasteiger partial charge on any atom is 0.255 e. The third-order valence-corrected chi connectivity index (χ3v) is 1.83. The molecule has 0 unspecified atom stereocenters. The SMILES string of the molecule is CSC(=NC#N)N(C)CC(F)F. The number of thioether (sulfide) groups is 1. The number of halogens is 2. The van der Waals surface area contributed by atoms with E-state index in [2.05, 4.69) is 4.99 Å². The Morgan fingerprint density at radius 1 is 1.75 bits per heavy atom. The van der Waals surface area contributed by atoms with Crippen molar-refractivity contribution in [3.8, 4) is 6.19 Å². The summed E-state index contributed by atoms with van der Waals surface area (Å²) in [6.07, 6.45) is 0.821. The van der Waals surface area contributed by atoms with Gasteiger partial charge in [-0.2, -0.15) is 5.26 Å². The van der Waals surface area contributed by atoms with Gasteiger partial charge < -0.3 is 4.90 Å². The minimum Gasteiger partial charge on any atom is -0.348 e. The van der Waals surface area contributed by atoms with E-state index in [1.54, 1.807) is 12.4 Å². The van der Waals surface area contributed by atoms with Crippen molar-refractivity contribution in [3.05, 3.63) is 0 Å². The number of alkyl halides is 2. The summed E-state index contributed by atoms with van der Waals surface area (Å²) in [4.78, 5) is 4.62. The van der Waals surface area contributed by atoms with Crippen molar-refractivity contribution in [3.63, 3.8) is 0 Å². The average Bonchev–Trinajstić information content (AvgIpc) is 1.98. The Bertz CT molecular complexity index is 199. The smallest absolute Gasteiger partial charge is 0.255 e. The summed E-state index contributed by atoms with van der Waals surface area (Å²) in [5.41, 5.74) is 0. The molecule has 0 N–H and O–H groups in total. The molecule has 0 aliphatic carbocycles. The van der Waals surface area contributed by atoms with Crippen LogP contribution in [0.4, 0.5) is 8.78 Å². The van der Waals surface area contributed by atoms with Crippen LogP contribution in [-0.4, -0.2) is 36.3 Å². The van der Waals surface area contributed by atoms with Crippen molar-refractivity contribution in [2.75, 3.05) is 19.8 Å². The molecule has 0 aromatic heterocycles. The Balaban J connectivity index is 4.14. The molecule has 0 aromatic carbocycles. The van der Waals surface area contributed by atoms with Crippen LogP contribution < -0.4 is 0 Å². The van der Waals surface area contributed by atoms with E-state index < -0.39 is 13.0 Å². The summed E-state index contributed by atoms with van der Waals surface area (Å²) < 4.78 is 23.7. The van der Waals surface area contributed by atoms with E-state index >= 15 is 0 Å². The van der Waals surface area contributed by atoms with E-state index in [0.717, 1.165) is 11.8 Å². The predicted octanol–water partition coefficient (Wildman–Crippen LogP) is 1.38. The summed E-state index contributed by atoms with van der Waals surface area (Å²) in [5.74, 6) is 0. The highest BCUT2D eigenvalue weighted by Crippen LogP contribution is 2.05. The third-order valence-electron chi connectivity index (χ3n) is 1.07. The van der Waals surface area contributed by atoms with Gasteiger partial charge in [0.1, 0.15) is 0 Å². The molecule has 0 aliphatic heterocycles. The summed E-state index contributed by atoms with van der Waals surface area (Å²) in [7, 11) is 1.47. The van der Waals surface area contributed by atoms with Crippen molar-refractivity contribution >= 4 is 16.9 Å². The lowest BCUT2D eigenvalue weighted by Crippen LogP contribution is -2.29. The van der Waals surface area contributed by atoms with Crippen LogP contribution >= 0.6 is 11.8 Å². The second kappa shape index (κ2) is 5.77. The van der Waals surface area contributed by atoms with Gasteiger partial charge in [-0.15, -0.1) is 4.99 Å². The van der Waals surface area contributed by atoms with Gasteiger partial charge in [0.05, 0.1) is 6.54 Å². The van der Waals surface area contributed by atoms with Gasteiger partial charge in [0.25, 0.3) is 6.43 Å². The molecule has 0 aromatic rings. The predicted molar refractivity (Wildman–Crippen MR) is 45.2 cm³/mol. The third kappa shape index (κ3) is 4.13. The van der Waals surface area contributed by atoms with E-state index in [1.165, 1.54) is 11.9 Å². The first kappa shape index (κ1) is 11.2. The molecular weight excluding hydrogens is 184 g/mol. The van der Waals surface area contributed by atoms with Gasteiger partial charge >= 0.3 is 0 Å². The molecule has 0 rings (SSSR count). The summed E-state index contributed by atoms with van der Waals surface area (Å²) in [5, 5.41) is 8.49. The van der Waals surface area contributed by atoms with Crippen LogP contribution in [0.25, 0.3) is 0 Å². The fourth-order valence-electron chi connectivity index (χ4n) is 0.615. The molecule has 0 aliphatic rings. The van der Waals surface area contributed by atoms with Crippen LogP contribution in [0.15, 0.2) is 4.99 Å². The molecule has 0 saturated heterocycles. The maximum absolute atomic E-state index is 11.8. The fraction of sp³-hybridized carbons (Fsp3) is 0.667. The van der Waals surface area contributed by atoms with Crippen LogP contribution in [0.1, 0.15) is 0 Å². The van der Waals surface area contributed by atoms with Crippen molar-refractivity contribution in [1.82, 2.24) is 4.90 Å². The Morgan fingerprint density at radius 3 is 2.67 bits per heavy atom. The number of rotatable bonds is 2. The van der Waals surface area contributed by atoms with Crippen LogP contribution in [0, 0.1) is 11.5 Å². The Hall–Kier alpha value is -0.830. The zero-order valence-corrected chi connectivity index (χ0v) is 7.61. The minimum absolute atomic E-state index is 0.304. The van der Waals surface area contributed by atoms with E-state index in [0.29, 0.717) is 5.17 Å². The lowest BCUT2D eigenvalue weighted by Gasteiger charge is -2.17. The lowest BCUT2D eigenvalue weighted by molar-refractivity contribution is 0.124. The summed E-state index contributed by atoms with van der Waals surface area (Å²) in [6, 6.07) is 0. The normalized spacial score (nSPS) is 11.5. The first-order valence-corrected chi connectivity index (χ1v) is 4.34. The zero-order chi connectivity index (χ0) is 9.56. The summed E-state index contributed by atoms with van der Waals surface area (Å²) >= 11 is 1.16.